The second kappa shape index (κ2) is 8.12. The standard InChI is InChI=1S/C20H22N2O6S/c1-13-8-9-14(20(24)27-2)12-15(13)21-19(23)18-10-11-22(29(3,25)26)16-6-4-5-7-17(16)28-18/h4-9,12,18H,10-11H2,1-3H3,(H,21,23)/t18-/m1/s1. The Balaban J connectivity index is 1.85. The molecule has 1 heterocycles. The highest BCUT2D eigenvalue weighted by atomic mass is 32.2. The second-order valence-corrected chi connectivity index (χ2v) is 8.62. The lowest BCUT2D eigenvalue weighted by Crippen LogP contribution is -2.36. The maximum absolute atomic E-state index is 12.9. The van der Waals surface area contributed by atoms with Crippen LogP contribution in [0.5, 0.6) is 5.75 Å². The summed E-state index contributed by atoms with van der Waals surface area (Å²) in [7, 11) is -2.24. The van der Waals surface area contributed by atoms with Crippen LogP contribution < -0.4 is 14.4 Å². The highest BCUT2D eigenvalue weighted by Crippen LogP contribution is 2.34. The molecule has 1 atom stereocenters. The summed E-state index contributed by atoms with van der Waals surface area (Å²) in [6.07, 6.45) is 0.388. The Bertz CT molecular complexity index is 1050. The lowest BCUT2D eigenvalue weighted by atomic mass is 10.1. The minimum atomic E-state index is -3.53. The first-order valence-corrected chi connectivity index (χ1v) is 10.8. The maximum Gasteiger partial charge on any atom is 0.337 e. The van der Waals surface area contributed by atoms with Crippen LogP contribution in [0.1, 0.15) is 22.3 Å². The van der Waals surface area contributed by atoms with Crippen LogP contribution in [-0.2, 0) is 19.6 Å². The van der Waals surface area contributed by atoms with E-state index in [-0.39, 0.29) is 13.0 Å². The number of fused-ring (bicyclic) bond motifs is 1. The quantitative estimate of drug-likeness (QED) is 0.765. The van der Waals surface area contributed by atoms with Crippen LogP contribution in [0.25, 0.3) is 0 Å². The fourth-order valence-electron chi connectivity index (χ4n) is 3.07. The molecule has 8 nitrogen and oxygen atoms in total. The first-order chi connectivity index (χ1) is 13.7. The number of para-hydroxylation sites is 2. The zero-order valence-corrected chi connectivity index (χ0v) is 17.2. The number of hydrogen-bond acceptors (Lipinski definition) is 6. The summed E-state index contributed by atoms with van der Waals surface area (Å²) in [6.45, 7) is 1.90. The summed E-state index contributed by atoms with van der Waals surface area (Å²) in [5.41, 5.74) is 1.93. The monoisotopic (exact) mass is 418 g/mol. The lowest BCUT2D eigenvalue weighted by Gasteiger charge is -2.20. The minimum absolute atomic E-state index is 0.106. The number of nitrogens with one attached hydrogen (secondary N) is 1. The summed E-state index contributed by atoms with van der Waals surface area (Å²) in [4.78, 5) is 24.6. The van der Waals surface area contributed by atoms with Gasteiger partial charge in [-0.05, 0) is 36.8 Å². The van der Waals surface area contributed by atoms with E-state index < -0.39 is 28.0 Å². The summed E-state index contributed by atoms with van der Waals surface area (Å²) < 4.78 is 36.1. The summed E-state index contributed by atoms with van der Waals surface area (Å²) in [5.74, 6) is -0.625. The molecule has 2 aromatic carbocycles. The highest BCUT2D eigenvalue weighted by Gasteiger charge is 2.31. The lowest BCUT2D eigenvalue weighted by molar-refractivity contribution is -0.122. The molecule has 1 aliphatic rings. The molecular formula is C20H22N2O6S. The van der Waals surface area contributed by atoms with Gasteiger partial charge in [0.1, 0.15) is 5.75 Å². The van der Waals surface area contributed by atoms with Gasteiger partial charge < -0.3 is 14.8 Å². The van der Waals surface area contributed by atoms with E-state index in [2.05, 4.69) is 5.32 Å². The van der Waals surface area contributed by atoms with Crippen molar-refractivity contribution < 1.29 is 27.5 Å². The van der Waals surface area contributed by atoms with E-state index in [9.17, 15) is 18.0 Å². The van der Waals surface area contributed by atoms with Gasteiger partial charge in [0.15, 0.2) is 6.10 Å². The van der Waals surface area contributed by atoms with E-state index in [1.807, 2.05) is 0 Å². The molecule has 2 aromatic rings. The van der Waals surface area contributed by atoms with Gasteiger partial charge in [0.05, 0.1) is 24.6 Å². The van der Waals surface area contributed by atoms with Crippen LogP contribution in [0.15, 0.2) is 42.5 Å². The van der Waals surface area contributed by atoms with E-state index in [1.165, 1.54) is 17.5 Å². The third-order valence-corrected chi connectivity index (χ3v) is 5.79. The Morgan fingerprint density at radius 1 is 1.21 bits per heavy atom. The Morgan fingerprint density at radius 3 is 2.62 bits per heavy atom. The van der Waals surface area contributed by atoms with Crippen LogP contribution >= 0.6 is 0 Å². The molecule has 1 amide bonds. The van der Waals surface area contributed by atoms with Crippen molar-refractivity contribution in [2.24, 2.45) is 0 Å². The van der Waals surface area contributed by atoms with E-state index in [0.717, 1.165) is 11.8 Å². The topological polar surface area (TPSA) is 102 Å². The van der Waals surface area contributed by atoms with E-state index >= 15 is 0 Å². The summed E-state index contributed by atoms with van der Waals surface area (Å²) in [5, 5.41) is 2.77. The third kappa shape index (κ3) is 4.51. The number of benzene rings is 2. The average molecular weight is 418 g/mol. The number of hydrogen-bond donors (Lipinski definition) is 1. The molecule has 0 aromatic heterocycles. The van der Waals surface area contributed by atoms with E-state index in [0.29, 0.717) is 22.7 Å². The van der Waals surface area contributed by atoms with Gasteiger partial charge in [-0.25, -0.2) is 13.2 Å². The van der Waals surface area contributed by atoms with E-state index in [4.69, 9.17) is 9.47 Å². The van der Waals surface area contributed by atoms with Crippen molar-refractivity contribution in [3.8, 4) is 5.75 Å². The van der Waals surface area contributed by atoms with Crippen LogP contribution in [0.3, 0.4) is 0 Å². The molecule has 154 valence electrons. The Morgan fingerprint density at radius 2 is 1.93 bits per heavy atom. The van der Waals surface area contributed by atoms with Crippen LogP contribution in [0.2, 0.25) is 0 Å². The van der Waals surface area contributed by atoms with Gasteiger partial charge in [-0.3, -0.25) is 9.10 Å². The summed E-state index contributed by atoms with van der Waals surface area (Å²) in [6, 6.07) is 11.5. The van der Waals surface area contributed by atoms with Gasteiger partial charge in [-0.15, -0.1) is 0 Å². The van der Waals surface area contributed by atoms with Gasteiger partial charge in [0.25, 0.3) is 5.91 Å². The van der Waals surface area contributed by atoms with Crippen molar-refractivity contribution in [2.75, 3.05) is 29.5 Å². The molecule has 0 saturated carbocycles. The number of ether oxygens (including phenoxy) is 2. The Kier molecular flexibility index (Phi) is 5.78. The van der Waals surface area contributed by atoms with Gasteiger partial charge in [0, 0.05) is 18.7 Å². The number of aryl methyl sites for hydroxylation is 1. The second-order valence-electron chi connectivity index (χ2n) is 6.71. The first-order valence-electron chi connectivity index (χ1n) is 8.94. The molecule has 1 aliphatic heterocycles. The van der Waals surface area contributed by atoms with Crippen molar-refractivity contribution in [3.63, 3.8) is 0 Å². The largest absolute Gasteiger partial charge is 0.478 e. The molecule has 0 spiro atoms. The number of esters is 1. The van der Waals surface area contributed by atoms with Gasteiger partial charge in [0.2, 0.25) is 10.0 Å². The molecule has 0 aliphatic carbocycles. The van der Waals surface area contributed by atoms with Crippen molar-refractivity contribution >= 4 is 33.3 Å². The third-order valence-electron chi connectivity index (χ3n) is 4.61. The smallest absolute Gasteiger partial charge is 0.337 e. The molecule has 0 radical (unpaired) electrons. The van der Waals surface area contributed by atoms with Crippen molar-refractivity contribution in [3.05, 3.63) is 53.6 Å². The van der Waals surface area contributed by atoms with Crippen molar-refractivity contribution in [1.82, 2.24) is 0 Å². The number of carbonyl (C=O) groups excluding carboxylic acids is 2. The molecule has 0 saturated heterocycles. The SMILES string of the molecule is COC(=O)c1ccc(C)c(NC(=O)[C@H]2CCN(S(C)(=O)=O)c3ccccc3O2)c1. The van der Waals surface area contributed by atoms with Crippen LogP contribution in [0, 0.1) is 6.92 Å². The summed E-state index contributed by atoms with van der Waals surface area (Å²) >= 11 is 0. The van der Waals surface area contributed by atoms with Crippen LogP contribution in [-0.4, -0.2) is 46.3 Å². The molecule has 29 heavy (non-hydrogen) atoms. The molecule has 0 fully saturated rings. The molecule has 9 heteroatoms. The fraction of sp³-hybridized carbons (Fsp3) is 0.300. The number of anilines is 2. The first kappa shape index (κ1) is 20.7. The predicted octanol–water partition coefficient (Wildman–Crippen LogP) is 2.34. The molecular weight excluding hydrogens is 396 g/mol. The molecule has 0 bridgehead atoms. The number of amides is 1. The normalized spacial score (nSPS) is 16.2. The molecule has 1 N–H and O–H groups in total. The fourth-order valence-corrected chi connectivity index (χ4v) is 4.02. The van der Waals surface area contributed by atoms with Crippen LogP contribution in [0.4, 0.5) is 11.4 Å². The Labute approximate surface area is 169 Å². The van der Waals surface area contributed by atoms with Gasteiger partial charge >= 0.3 is 5.97 Å². The minimum Gasteiger partial charge on any atom is -0.478 e. The molecule has 3 rings (SSSR count). The van der Waals surface area contributed by atoms with E-state index in [1.54, 1.807) is 43.3 Å². The number of carbonyl (C=O) groups is 2. The van der Waals surface area contributed by atoms with Gasteiger partial charge in [-0.2, -0.15) is 0 Å². The predicted molar refractivity (Wildman–Crippen MR) is 109 cm³/mol. The zero-order valence-electron chi connectivity index (χ0n) is 16.3. The zero-order chi connectivity index (χ0) is 21.2. The number of methoxy groups -OCH3 is 1. The maximum atomic E-state index is 12.9. The number of nitrogens with zero attached hydrogens (tertiary/aromatic N) is 1. The average Bonchev–Trinajstić information content (AvgIpc) is 2.88. The number of rotatable bonds is 4. The van der Waals surface area contributed by atoms with Crippen molar-refractivity contribution in [1.29, 1.82) is 0 Å². The highest BCUT2D eigenvalue weighted by molar-refractivity contribution is 7.92. The number of sulfonamides is 1. The van der Waals surface area contributed by atoms with Gasteiger partial charge in [-0.1, -0.05) is 18.2 Å². The Hall–Kier alpha value is -3.07. The van der Waals surface area contributed by atoms with Crippen molar-refractivity contribution in [2.45, 2.75) is 19.4 Å². The molecule has 0 unspecified atom stereocenters.